The third-order valence-corrected chi connectivity index (χ3v) is 4.67. The third-order valence-electron chi connectivity index (χ3n) is 3.96. The highest BCUT2D eigenvalue weighted by Crippen LogP contribution is 2.25. The summed E-state index contributed by atoms with van der Waals surface area (Å²) in [5.41, 5.74) is 2.41. The molecule has 0 aliphatic heterocycles. The summed E-state index contributed by atoms with van der Waals surface area (Å²) in [4.78, 5) is 11.4. The fraction of sp³-hybridized carbons (Fsp3) is 0.333. The molecule has 5 nitrogen and oxygen atoms in total. The van der Waals surface area contributed by atoms with Crippen molar-refractivity contribution in [2.75, 3.05) is 6.61 Å². The summed E-state index contributed by atoms with van der Waals surface area (Å²) in [6.07, 6.45) is -0.888. The van der Waals surface area contributed by atoms with E-state index in [4.69, 9.17) is 38.1 Å². The molecule has 0 bridgehead atoms. The van der Waals surface area contributed by atoms with Crippen LogP contribution >= 0.6 is 23.2 Å². The summed E-state index contributed by atoms with van der Waals surface area (Å²) in [7, 11) is 0. The highest BCUT2D eigenvalue weighted by atomic mass is 35.5. The maximum absolute atomic E-state index is 11.4. The largest absolute Gasteiger partial charge is 0.479 e. The molecule has 0 fully saturated rings. The molecule has 2 aromatic rings. The van der Waals surface area contributed by atoms with Gasteiger partial charge in [0.25, 0.3) is 0 Å². The molecule has 2 rings (SSSR count). The molecule has 0 saturated carbocycles. The Morgan fingerprint density at radius 1 is 1.14 bits per heavy atom. The van der Waals surface area contributed by atoms with Crippen molar-refractivity contribution in [2.45, 2.75) is 39.1 Å². The van der Waals surface area contributed by atoms with Crippen LogP contribution in [0.15, 0.2) is 42.5 Å². The van der Waals surface area contributed by atoms with E-state index in [1.807, 2.05) is 6.07 Å². The second-order valence-corrected chi connectivity index (χ2v) is 7.40. The van der Waals surface area contributed by atoms with E-state index in [2.05, 4.69) is 0 Å². The van der Waals surface area contributed by atoms with Crippen molar-refractivity contribution in [3.8, 4) is 0 Å². The predicted octanol–water partition coefficient (Wildman–Crippen LogP) is 5.00. The van der Waals surface area contributed by atoms with Crippen LogP contribution in [0.4, 0.5) is 0 Å². The summed E-state index contributed by atoms with van der Waals surface area (Å²) < 4.78 is 11.0. The fourth-order valence-corrected chi connectivity index (χ4v) is 3.14. The lowest BCUT2D eigenvalue weighted by molar-refractivity contribution is -0.153. The predicted molar refractivity (Wildman–Crippen MR) is 111 cm³/mol. The highest BCUT2D eigenvalue weighted by molar-refractivity contribution is 6.35. The number of carbonyl (C=O) groups is 1. The first-order valence-corrected chi connectivity index (χ1v) is 9.59. The Hall–Kier alpha value is -1.92. The van der Waals surface area contributed by atoms with Gasteiger partial charge in [-0.15, -0.1) is 0 Å². The molecule has 1 unspecified atom stereocenters. The summed E-state index contributed by atoms with van der Waals surface area (Å²) in [6.45, 7) is 3.87. The van der Waals surface area contributed by atoms with Crippen molar-refractivity contribution in [1.29, 1.82) is 5.41 Å². The number of carboxylic acid groups (broad SMARTS) is 1. The van der Waals surface area contributed by atoms with Crippen molar-refractivity contribution in [2.24, 2.45) is 0 Å². The van der Waals surface area contributed by atoms with Gasteiger partial charge < -0.3 is 20.0 Å². The third kappa shape index (κ3) is 6.60. The van der Waals surface area contributed by atoms with Gasteiger partial charge in [0.15, 0.2) is 6.10 Å². The SMILES string of the molecule is CC(C)OC(Cc1cccc(C(=N)COCc2c(Cl)cccc2Cl)c1)C(=O)O. The standard InChI is InChI=1S/C21H23Cl2NO4/c1-13(2)28-20(21(25)26)10-14-5-3-6-15(9-14)19(24)12-27-11-16-17(22)7-4-8-18(16)23/h3-9,13,20,24H,10-12H2,1-2H3,(H,25,26). The number of aliphatic carboxylic acids is 1. The maximum atomic E-state index is 11.4. The van der Waals surface area contributed by atoms with E-state index in [-0.39, 0.29) is 31.5 Å². The van der Waals surface area contributed by atoms with Crippen LogP contribution in [0.2, 0.25) is 10.0 Å². The molecule has 0 heterocycles. The number of carboxylic acids is 1. The lowest BCUT2D eigenvalue weighted by Gasteiger charge is -2.17. The van der Waals surface area contributed by atoms with E-state index >= 15 is 0 Å². The van der Waals surface area contributed by atoms with Gasteiger partial charge in [0.1, 0.15) is 0 Å². The molecule has 1 atom stereocenters. The number of nitrogens with one attached hydrogen (secondary N) is 1. The van der Waals surface area contributed by atoms with E-state index in [1.165, 1.54) is 0 Å². The Kier molecular flexibility index (Phi) is 8.45. The van der Waals surface area contributed by atoms with Gasteiger partial charge in [0.2, 0.25) is 0 Å². The van der Waals surface area contributed by atoms with E-state index in [0.29, 0.717) is 21.2 Å². The maximum Gasteiger partial charge on any atom is 0.333 e. The van der Waals surface area contributed by atoms with E-state index < -0.39 is 12.1 Å². The second kappa shape index (κ2) is 10.6. The smallest absolute Gasteiger partial charge is 0.333 e. The molecule has 2 N–H and O–H groups in total. The van der Waals surface area contributed by atoms with Crippen LogP contribution in [0.25, 0.3) is 0 Å². The Morgan fingerprint density at radius 2 is 1.79 bits per heavy atom. The zero-order valence-corrected chi connectivity index (χ0v) is 17.3. The molecule has 0 spiro atoms. The molecule has 150 valence electrons. The summed E-state index contributed by atoms with van der Waals surface area (Å²) in [6, 6.07) is 12.4. The van der Waals surface area contributed by atoms with Crippen LogP contribution in [-0.2, 0) is 27.3 Å². The van der Waals surface area contributed by atoms with Gasteiger partial charge in [-0.1, -0.05) is 47.5 Å². The van der Waals surface area contributed by atoms with Gasteiger partial charge in [-0.05, 0) is 43.2 Å². The number of rotatable bonds is 10. The molecule has 0 amide bonds. The molecule has 0 radical (unpaired) electrons. The lowest BCUT2D eigenvalue weighted by Crippen LogP contribution is -2.29. The zero-order chi connectivity index (χ0) is 20.7. The summed E-state index contributed by atoms with van der Waals surface area (Å²) in [5.74, 6) is -1.01. The molecule has 2 aromatic carbocycles. The number of hydrogen-bond acceptors (Lipinski definition) is 4. The molecule has 0 aliphatic rings. The molecule has 0 saturated heterocycles. The zero-order valence-electron chi connectivity index (χ0n) is 15.7. The van der Waals surface area contributed by atoms with Crippen molar-refractivity contribution < 1.29 is 19.4 Å². The minimum absolute atomic E-state index is 0.0792. The quantitative estimate of drug-likeness (QED) is 0.526. The molecule has 7 heteroatoms. The summed E-state index contributed by atoms with van der Waals surface area (Å²) >= 11 is 12.2. The van der Waals surface area contributed by atoms with Gasteiger partial charge >= 0.3 is 5.97 Å². The van der Waals surface area contributed by atoms with Crippen molar-refractivity contribution >= 4 is 34.9 Å². The highest BCUT2D eigenvalue weighted by Gasteiger charge is 2.20. The molecule has 0 aromatic heterocycles. The van der Waals surface area contributed by atoms with Crippen molar-refractivity contribution in [3.63, 3.8) is 0 Å². The van der Waals surface area contributed by atoms with Gasteiger partial charge in [-0.3, -0.25) is 0 Å². The van der Waals surface area contributed by atoms with E-state index in [0.717, 1.165) is 5.56 Å². The molecular weight excluding hydrogens is 401 g/mol. The average molecular weight is 424 g/mol. The monoisotopic (exact) mass is 423 g/mol. The Labute approximate surface area is 174 Å². The fourth-order valence-electron chi connectivity index (χ4n) is 2.63. The Bertz CT molecular complexity index is 819. The van der Waals surface area contributed by atoms with Gasteiger partial charge in [-0.25, -0.2) is 4.79 Å². The van der Waals surface area contributed by atoms with E-state index in [1.54, 1.807) is 50.2 Å². The van der Waals surface area contributed by atoms with Crippen LogP contribution in [0.3, 0.4) is 0 Å². The second-order valence-electron chi connectivity index (χ2n) is 6.59. The first-order valence-electron chi connectivity index (χ1n) is 8.83. The van der Waals surface area contributed by atoms with Gasteiger partial charge in [-0.2, -0.15) is 0 Å². The Balaban J connectivity index is 1.98. The molecule has 28 heavy (non-hydrogen) atoms. The van der Waals surface area contributed by atoms with Crippen LogP contribution < -0.4 is 0 Å². The Morgan fingerprint density at radius 3 is 2.39 bits per heavy atom. The topological polar surface area (TPSA) is 79.6 Å². The van der Waals surface area contributed by atoms with E-state index in [9.17, 15) is 9.90 Å². The van der Waals surface area contributed by atoms with Crippen LogP contribution in [0, 0.1) is 5.41 Å². The minimum atomic E-state index is -1.01. The van der Waals surface area contributed by atoms with Crippen molar-refractivity contribution in [3.05, 3.63) is 69.2 Å². The molecule has 0 aliphatic carbocycles. The first kappa shape index (κ1) is 22.4. The molecular formula is C21H23Cl2NO4. The van der Waals surface area contributed by atoms with Crippen LogP contribution in [0.1, 0.15) is 30.5 Å². The minimum Gasteiger partial charge on any atom is -0.479 e. The van der Waals surface area contributed by atoms with Crippen LogP contribution in [-0.4, -0.2) is 35.6 Å². The normalized spacial score (nSPS) is 12.2. The summed E-state index contributed by atoms with van der Waals surface area (Å²) in [5, 5.41) is 18.6. The lowest BCUT2D eigenvalue weighted by atomic mass is 10.0. The first-order chi connectivity index (χ1) is 13.3. The van der Waals surface area contributed by atoms with Gasteiger partial charge in [0.05, 0.1) is 25.0 Å². The number of hydrogen-bond donors (Lipinski definition) is 2. The van der Waals surface area contributed by atoms with Gasteiger partial charge in [0, 0.05) is 22.0 Å². The van der Waals surface area contributed by atoms with Crippen LogP contribution in [0.5, 0.6) is 0 Å². The average Bonchev–Trinajstić information content (AvgIpc) is 2.63. The number of halogens is 2. The number of ether oxygens (including phenoxy) is 2. The van der Waals surface area contributed by atoms with Crippen molar-refractivity contribution in [1.82, 2.24) is 0 Å². The number of benzene rings is 2.